The van der Waals surface area contributed by atoms with Crippen LogP contribution in [0, 0.1) is 6.92 Å². The molecule has 0 spiro atoms. The van der Waals surface area contributed by atoms with Gasteiger partial charge in [-0.05, 0) is 25.1 Å². The Kier molecular flexibility index (Phi) is 4.52. The lowest BCUT2D eigenvalue weighted by Gasteiger charge is -2.38. The zero-order valence-corrected chi connectivity index (χ0v) is 16.4. The van der Waals surface area contributed by atoms with Gasteiger partial charge in [0.25, 0.3) is 0 Å². The van der Waals surface area contributed by atoms with E-state index >= 15 is 0 Å². The van der Waals surface area contributed by atoms with Crippen LogP contribution in [0.5, 0.6) is 0 Å². The van der Waals surface area contributed by atoms with Crippen LogP contribution in [0.25, 0.3) is 11.3 Å². The highest BCUT2D eigenvalue weighted by Gasteiger charge is 2.37. The van der Waals surface area contributed by atoms with Crippen LogP contribution in [0.2, 0.25) is 0 Å². The summed E-state index contributed by atoms with van der Waals surface area (Å²) in [5.74, 6) is 0.946. The van der Waals surface area contributed by atoms with E-state index in [4.69, 9.17) is 5.73 Å². The van der Waals surface area contributed by atoms with Gasteiger partial charge in [0.1, 0.15) is 5.82 Å². The van der Waals surface area contributed by atoms with Crippen LogP contribution in [0.1, 0.15) is 5.56 Å². The Morgan fingerprint density at radius 3 is 2.54 bits per heavy atom. The molecule has 1 saturated heterocycles. The van der Waals surface area contributed by atoms with Crippen molar-refractivity contribution in [2.45, 2.75) is 17.9 Å². The molecular formula is C18H21N7O2S. The predicted octanol–water partition coefficient (Wildman–Crippen LogP) is 1.25. The summed E-state index contributed by atoms with van der Waals surface area (Å²) in [7, 11) is -1.71. The first-order valence-electron chi connectivity index (χ1n) is 8.79. The van der Waals surface area contributed by atoms with E-state index in [1.807, 2.05) is 6.92 Å². The summed E-state index contributed by atoms with van der Waals surface area (Å²) in [6.45, 7) is 2.64. The molecule has 0 saturated carbocycles. The number of nitrogens with zero attached hydrogens (tertiary/aromatic N) is 5. The van der Waals surface area contributed by atoms with Gasteiger partial charge in [-0.1, -0.05) is 17.7 Å². The smallest absolute Gasteiger partial charge is 0.243 e. The zero-order chi connectivity index (χ0) is 19.9. The molecule has 1 fully saturated rings. The predicted molar refractivity (Wildman–Crippen MR) is 106 cm³/mol. The van der Waals surface area contributed by atoms with Crippen molar-refractivity contribution in [3.05, 3.63) is 48.3 Å². The molecule has 0 aliphatic carbocycles. The lowest BCUT2D eigenvalue weighted by molar-refractivity contribution is 0.280. The maximum absolute atomic E-state index is 12.6. The second-order valence-electron chi connectivity index (χ2n) is 6.81. The molecule has 0 bridgehead atoms. The molecule has 1 aromatic carbocycles. The topological polar surface area (TPSA) is 119 Å². The van der Waals surface area contributed by atoms with Gasteiger partial charge in [0.15, 0.2) is 0 Å². The number of sulfonamides is 1. The summed E-state index contributed by atoms with van der Waals surface area (Å²) in [6.07, 6.45) is 3.29. The minimum absolute atomic E-state index is 0.0540. The summed E-state index contributed by atoms with van der Waals surface area (Å²) < 4.78 is 28.3. The van der Waals surface area contributed by atoms with Gasteiger partial charge in [-0.15, -0.1) is 0 Å². The molecule has 0 radical (unpaired) electrons. The minimum Gasteiger partial charge on any atom is -0.383 e. The lowest BCUT2D eigenvalue weighted by Crippen LogP contribution is -2.56. The highest BCUT2D eigenvalue weighted by atomic mass is 32.2. The van der Waals surface area contributed by atoms with Crippen molar-refractivity contribution in [3.8, 4) is 11.3 Å². The summed E-state index contributed by atoms with van der Waals surface area (Å²) in [6, 6.07) is 8.57. The number of nitrogen functional groups attached to an aromatic ring is 1. The fourth-order valence-corrected chi connectivity index (χ4v) is 4.52. The first-order chi connectivity index (χ1) is 13.3. The molecule has 10 heteroatoms. The third-order valence-corrected chi connectivity index (χ3v) is 6.60. The number of nitrogens with two attached hydrogens (primary N) is 1. The lowest BCUT2D eigenvalue weighted by atomic mass is 10.2. The van der Waals surface area contributed by atoms with E-state index in [0.717, 1.165) is 11.1 Å². The van der Waals surface area contributed by atoms with Gasteiger partial charge in [0, 0.05) is 26.3 Å². The standard InChI is InChI=1S/C18H21N7O2S/c1-12-3-5-14(6-4-12)28(26,27)25-10-13(11-25)22-18-20-8-7-16(23-18)15-9-21-24(2)17(15)19/h3-9,13H,10-11,19H2,1-2H3,(H,20,22,23). The third kappa shape index (κ3) is 3.32. The summed E-state index contributed by atoms with van der Waals surface area (Å²) in [4.78, 5) is 9.00. The van der Waals surface area contributed by atoms with Gasteiger partial charge in [-0.2, -0.15) is 9.40 Å². The molecule has 0 atom stereocenters. The third-order valence-electron chi connectivity index (χ3n) is 4.76. The molecule has 3 aromatic rings. The second-order valence-corrected chi connectivity index (χ2v) is 8.75. The molecule has 3 heterocycles. The SMILES string of the molecule is Cc1ccc(S(=O)(=O)N2CC(Nc3nccc(-c4cnn(C)c4N)n3)C2)cc1. The fourth-order valence-electron chi connectivity index (χ4n) is 2.99. The Hall–Kier alpha value is -2.98. The number of rotatable bonds is 5. The van der Waals surface area contributed by atoms with E-state index in [0.29, 0.717) is 35.4 Å². The van der Waals surface area contributed by atoms with Gasteiger partial charge >= 0.3 is 0 Å². The van der Waals surface area contributed by atoms with Gasteiger partial charge < -0.3 is 11.1 Å². The number of benzene rings is 1. The first kappa shape index (κ1) is 18.4. The largest absolute Gasteiger partial charge is 0.383 e. The number of hydrogen-bond donors (Lipinski definition) is 2. The molecule has 3 N–H and O–H groups in total. The van der Waals surface area contributed by atoms with Crippen LogP contribution in [0.3, 0.4) is 0 Å². The number of aryl methyl sites for hydroxylation is 2. The molecule has 0 unspecified atom stereocenters. The Balaban J connectivity index is 1.43. The normalized spacial score (nSPS) is 15.4. The summed E-state index contributed by atoms with van der Waals surface area (Å²) in [5.41, 5.74) is 8.41. The van der Waals surface area contributed by atoms with Crippen LogP contribution in [-0.2, 0) is 17.1 Å². The molecule has 28 heavy (non-hydrogen) atoms. The highest BCUT2D eigenvalue weighted by Crippen LogP contribution is 2.25. The number of hydrogen-bond acceptors (Lipinski definition) is 7. The molecular weight excluding hydrogens is 378 g/mol. The quantitative estimate of drug-likeness (QED) is 0.663. The molecule has 146 valence electrons. The van der Waals surface area contributed by atoms with Crippen molar-refractivity contribution in [3.63, 3.8) is 0 Å². The van der Waals surface area contributed by atoms with Gasteiger partial charge in [-0.3, -0.25) is 4.68 Å². The minimum atomic E-state index is -3.47. The van der Waals surface area contributed by atoms with Gasteiger partial charge in [-0.25, -0.2) is 18.4 Å². The maximum Gasteiger partial charge on any atom is 0.243 e. The van der Waals surface area contributed by atoms with Crippen LogP contribution >= 0.6 is 0 Å². The van der Waals surface area contributed by atoms with Gasteiger partial charge in [0.2, 0.25) is 16.0 Å². The van der Waals surface area contributed by atoms with Crippen molar-refractivity contribution in [2.24, 2.45) is 7.05 Å². The first-order valence-corrected chi connectivity index (χ1v) is 10.2. The van der Waals surface area contributed by atoms with Crippen molar-refractivity contribution in [2.75, 3.05) is 24.1 Å². The Bertz CT molecular complexity index is 1100. The molecule has 1 aliphatic rings. The average Bonchev–Trinajstić information content (AvgIpc) is 2.97. The van der Waals surface area contributed by atoms with E-state index in [1.54, 1.807) is 54.5 Å². The van der Waals surface area contributed by atoms with E-state index in [9.17, 15) is 8.42 Å². The number of aromatic nitrogens is 4. The molecule has 1 aliphatic heterocycles. The molecule has 2 aromatic heterocycles. The molecule has 4 rings (SSSR count). The zero-order valence-electron chi connectivity index (χ0n) is 15.6. The monoisotopic (exact) mass is 399 g/mol. The fraction of sp³-hybridized carbons (Fsp3) is 0.278. The molecule has 9 nitrogen and oxygen atoms in total. The van der Waals surface area contributed by atoms with Crippen LogP contribution in [-0.4, -0.2) is 51.6 Å². The van der Waals surface area contributed by atoms with Crippen LogP contribution in [0.4, 0.5) is 11.8 Å². The van der Waals surface area contributed by atoms with E-state index in [2.05, 4.69) is 20.4 Å². The Morgan fingerprint density at radius 2 is 1.89 bits per heavy atom. The summed E-state index contributed by atoms with van der Waals surface area (Å²) >= 11 is 0. The highest BCUT2D eigenvalue weighted by molar-refractivity contribution is 7.89. The summed E-state index contributed by atoms with van der Waals surface area (Å²) in [5, 5.41) is 7.30. The van der Waals surface area contributed by atoms with Crippen LogP contribution in [0.15, 0.2) is 47.6 Å². The molecule has 0 amide bonds. The number of nitrogens with one attached hydrogen (secondary N) is 1. The van der Waals surface area contributed by atoms with Crippen LogP contribution < -0.4 is 11.1 Å². The maximum atomic E-state index is 12.6. The second kappa shape index (κ2) is 6.88. The van der Waals surface area contributed by atoms with E-state index < -0.39 is 10.0 Å². The van der Waals surface area contributed by atoms with E-state index in [-0.39, 0.29) is 6.04 Å². The van der Waals surface area contributed by atoms with E-state index in [1.165, 1.54) is 4.31 Å². The van der Waals surface area contributed by atoms with Crippen molar-refractivity contribution < 1.29 is 8.42 Å². The number of anilines is 2. The van der Waals surface area contributed by atoms with Crippen molar-refractivity contribution >= 4 is 21.8 Å². The van der Waals surface area contributed by atoms with Crippen molar-refractivity contribution in [1.82, 2.24) is 24.1 Å². The van der Waals surface area contributed by atoms with Crippen molar-refractivity contribution in [1.29, 1.82) is 0 Å². The Labute approximate surface area is 163 Å². The average molecular weight is 399 g/mol. The van der Waals surface area contributed by atoms with Gasteiger partial charge in [0.05, 0.1) is 28.4 Å². The Morgan fingerprint density at radius 1 is 1.18 bits per heavy atom.